The number of fused-ring (bicyclic) bond motifs is 2. The molecule has 2 aromatic heterocycles. The van der Waals surface area contributed by atoms with E-state index in [1.807, 2.05) is 12.1 Å². The molecule has 0 saturated carbocycles. The molecular formula is C20H23N5O6S. The maximum atomic E-state index is 11.0. The highest BCUT2D eigenvalue weighted by molar-refractivity contribution is 7.84. The largest absolute Gasteiger partial charge is 0.387 e. The molecule has 0 spiro atoms. The molecule has 0 bridgehead atoms. The van der Waals surface area contributed by atoms with Crippen molar-refractivity contribution in [2.24, 2.45) is 5.14 Å². The van der Waals surface area contributed by atoms with Crippen LogP contribution in [0.25, 0.3) is 11.0 Å². The number of anilines is 1. The van der Waals surface area contributed by atoms with E-state index in [-0.39, 0.29) is 6.04 Å². The van der Waals surface area contributed by atoms with E-state index in [1.54, 1.807) is 6.20 Å². The molecule has 3 aromatic rings. The van der Waals surface area contributed by atoms with Crippen LogP contribution < -0.4 is 10.5 Å². The first-order valence-corrected chi connectivity index (χ1v) is 11.6. The Bertz CT molecular complexity index is 1250. The van der Waals surface area contributed by atoms with E-state index >= 15 is 0 Å². The van der Waals surface area contributed by atoms with Crippen LogP contribution in [0, 0.1) is 0 Å². The number of ether oxygens (including phenoxy) is 1. The predicted molar refractivity (Wildman–Crippen MR) is 114 cm³/mol. The minimum atomic E-state index is -4.20. The number of hydrogen-bond acceptors (Lipinski definition) is 9. The van der Waals surface area contributed by atoms with Gasteiger partial charge in [0.05, 0.1) is 18.2 Å². The highest BCUT2D eigenvalue weighted by Gasteiger charge is 2.45. The number of aryl methyl sites for hydroxylation is 1. The average molecular weight is 462 g/mol. The van der Waals surface area contributed by atoms with Crippen molar-refractivity contribution in [1.82, 2.24) is 15.0 Å². The van der Waals surface area contributed by atoms with Crippen molar-refractivity contribution in [3.63, 3.8) is 0 Å². The molecule has 5 atom stereocenters. The molecule has 12 heteroatoms. The highest BCUT2D eigenvalue weighted by atomic mass is 32.2. The lowest BCUT2D eigenvalue weighted by molar-refractivity contribution is -0.0152. The van der Waals surface area contributed by atoms with Crippen molar-refractivity contribution in [3.05, 3.63) is 53.5 Å². The van der Waals surface area contributed by atoms with Gasteiger partial charge < -0.3 is 25.3 Å². The van der Waals surface area contributed by atoms with Gasteiger partial charge >= 0.3 is 10.3 Å². The van der Waals surface area contributed by atoms with Crippen molar-refractivity contribution < 1.29 is 27.6 Å². The quantitative estimate of drug-likeness (QED) is 0.349. The van der Waals surface area contributed by atoms with Gasteiger partial charge in [-0.3, -0.25) is 4.18 Å². The SMILES string of the molecule is NS(=O)(=O)OC[C@H]1O[C@@H](c2c[nH]c3c(N[C@H]4CCc5ccccc54)ncnc23)[C@H](O)[C@@H]1O. The summed E-state index contributed by atoms with van der Waals surface area (Å²) in [5.41, 5.74) is 4.23. The molecule has 1 fully saturated rings. The Morgan fingerprint density at radius 2 is 2.03 bits per heavy atom. The van der Waals surface area contributed by atoms with Crippen molar-refractivity contribution in [2.45, 2.75) is 43.3 Å². The van der Waals surface area contributed by atoms with Gasteiger partial charge in [-0.15, -0.1) is 0 Å². The number of nitrogens with two attached hydrogens (primary N) is 1. The summed E-state index contributed by atoms with van der Waals surface area (Å²) in [5, 5.41) is 29.1. The first-order chi connectivity index (χ1) is 15.3. The molecule has 1 aliphatic carbocycles. The Morgan fingerprint density at radius 3 is 2.84 bits per heavy atom. The minimum absolute atomic E-state index is 0.117. The number of H-pyrrole nitrogens is 1. The Morgan fingerprint density at radius 1 is 1.22 bits per heavy atom. The number of nitrogens with one attached hydrogen (secondary N) is 2. The molecule has 2 aliphatic rings. The zero-order chi connectivity index (χ0) is 22.5. The van der Waals surface area contributed by atoms with Crippen LogP contribution >= 0.6 is 0 Å². The van der Waals surface area contributed by atoms with E-state index in [4.69, 9.17) is 9.88 Å². The fraction of sp³-hybridized carbons (Fsp3) is 0.400. The highest BCUT2D eigenvalue weighted by Crippen LogP contribution is 2.39. The van der Waals surface area contributed by atoms with E-state index < -0.39 is 41.3 Å². The number of aliphatic hydroxyl groups is 2. The summed E-state index contributed by atoms with van der Waals surface area (Å²) in [6.45, 7) is -0.515. The van der Waals surface area contributed by atoms with Crippen molar-refractivity contribution in [1.29, 1.82) is 0 Å². The maximum absolute atomic E-state index is 11.0. The summed E-state index contributed by atoms with van der Waals surface area (Å²) in [5.74, 6) is 0.616. The second kappa shape index (κ2) is 8.06. The summed E-state index contributed by atoms with van der Waals surface area (Å²) in [4.78, 5) is 11.8. The molecule has 0 amide bonds. The number of nitrogens with zero attached hydrogens (tertiary/aromatic N) is 2. The van der Waals surface area contributed by atoms with E-state index in [1.165, 1.54) is 17.5 Å². The van der Waals surface area contributed by atoms with Gasteiger partial charge in [0.1, 0.15) is 36.3 Å². The Kier molecular flexibility index (Phi) is 5.35. The molecule has 1 aliphatic heterocycles. The number of aromatic amines is 1. The van der Waals surface area contributed by atoms with E-state index in [0.717, 1.165) is 12.8 Å². The fourth-order valence-corrected chi connectivity index (χ4v) is 4.79. The third-order valence-corrected chi connectivity index (χ3v) is 6.47. The molecule has 1 saturated heterocycles. The molecule has 5 rings (SSSR count). The Hall–Kier alpha value is -2.61. The predicted octanol–water partition coefficient (Wildman–Crippen LogP) is 0.439. The molecule has 11 nitrogen and oxygen atoms in total. The van der Waals surface area contributed by atoms with Crippen LogP contribution in [0.15, 0.2) is 36.8 Å². The zero-order valence-electron chi connectivity index (χ0n) is 16.9. The van der Waals surface area contributed by atoms with Crippen LogP contribution in [0.4, 0.5) is 5.82 Å². The van der Waals surface area contributed by atoms with Gasteiger partial charge in [-0.2, -0.15) is 8.42 Å². The molecule has 3 heterocycles. The van der Waals surface area contributed by atoms with Crippen LogP contribution in [-0.4, -0.2) is 58.5 Å². The van der Waals surface area contributed by atoms with Crippen molar-refractivity contribution in [3.8, 4) is 0 Å². The summed E-state index contributed by atoms with van der Waals surface area (Å²) in [6, 6.07) is 8.39. The minimum Gasteiger partial charge on any atom is -0.387 e. The van der Waals surface area contributed by atoms with Crippen LogP contribution in [-0.2, 0) is 25.6 Å². The number of aromatic nitrogens is 3. The fourth-order valence-electron chi connectivity index (χ4n) is 4.46. The van der Waals surface area contributed by atoms with Crippen LogP contribution in [0.5, 0.6) is 0 Å². The lowest BCUT2D eigenvalue weighted by Crippen LogP contribution is -2.34. The standard InChI is InChI=1S/C20H23N5O6S/c21-32(28,29)30-8-14-17(26)18(27)19(31-14)12-7-22-16-15(12)23-9-24-20(16)25-13-6-5-10-3-1-2-4-11(10)13/h1-4,7,9,13-14,17-19,22,26-27H,5-6,8H2,(H2,21,28,29)(H,23,24,25)/t13-,14+,17+,18+,19-/m0/s1. The third-order valence-electron chi connectivity index (χ3n) is 6.00. The first-order valence-electron chi connectivity index (χ1n) is 10.2. The van der Waals surface area contributed by atoms with E-state index in [9.17, 15) is 18.6 Å². The lowest BCUT2D eigenvalue weighted by Gasteiger charge is -2.16. The molecular weight excluding hydrogens is 438 g/mol. The molecule has 6 N–H and O–H groups in total. The van der Waals surface area contributed by atoms with Crippen molar-refractivity contribution in [2.75, 3.05) is 11.9 Å². The zero-order valence-corrected chi connectivity index (χ0v) is 17.7. The second-order valence-electron chi connectivity index (χ2n) is 7.98. The second-order valence-corrected chi connectivity index (χ2v) is 9.20. The van der Waals surface area contributed by atoms with Crippen LogP contribution in [0.2, 0.25) is 0 Å². The molecule has 170 valence electrons. The molecule has 32 heavy (non-hydrogen) atoms. The summed E-state index contributed by atoms with van der Waals surface area (Å²) in [6.07, 6.45) is 0.299. The number of benzene rings is 1. The smallest absolute Gasteiger partial charge is 0.333 e. The van der Waals surface area contributed by atoms with E-state index in [2.05, 4.69) is 36.6 Å². The first kappa shape index (κ1) is 21.2. The van der Waals surface area contributed by atoms with Crippen LogP contribution in [0.1, 0.15) is 35.3 Å². The van der Waals surface area contributed by atoms with Gasteiger partial charge in [0.2, 0.25) is 0 Å². The number of aliphatic hydroxyl groups excluding tert-OH is 2. The normalized spacial score (nSPS) is 27.7. The number of rotatable bonds is 6. The monoisotopic (exact) mass is 461 g/mol. The van der Waals surface area contributed by atoms with Gasteiger partial charge in [-0.25, -0.2) is 15.1 Å². The molecule has 0 unspecified atom stereocenters. The Balaban J connectivity index is 1.40. The number of hydrogen-bond donors (Lipinski definition) is 5. The summed E-state index contributed by atoms with van der Waals surface area (Å²) >= 11 is 0. The van der Waals surface area contributed by atoms with Gasteiger partial charge in [-0.1, -0.05) is 24.3 Å². The van der Waals surface area contributed by atoms with Crippen LogP contribution in [0.3, 0.4) is 0 Å². The lowest BCUT2D eigenvalue weighted by atomic mass is 10.0. The molecule has 1 aromatic carbocycles. The van der Waals surface area contributed by atoms with Gasteiger partial charge in [0.15, 0.2) is 5.82 Å². The van der Waals surface area contributed by atoms with Crippen molar-refractivity contribution >= 4 is 27.2 Å². The maximum Gasteiger partial charge on any atom is 0.333 e. The van der Waals surface area contributed by atoms with Gasteiger partial charge in [-0.05, 0) is 24.0 Å². The topological polar surface area (TPSA) is 173 Å². The molecule has 0 radical (unpaired) electrons. The summed E-state index contributed by atoms with van der Waals surface area (Å²) in [7, 11) is -4.20. The Labute approximate surface area is 183 Å². The summed E-state index contributed by atoms with van der Waals surface area (Å²) < 4.78 is 32.3. The average Bonchev–Trinajstić information content (AvgIpc) is 3.44. The van der Waals surface area contributed by atoms with Gasteiger partial charge in [0, 0.05) is 11.8 Å². The third kappa shape index (κ3) is 3.85. The van der Waals surface area contributed by atoms with E-state index in [0.29, 0.717) is 22.4 Å². The van der Waals surface area contributed by atoms with Gasteiger partial charge in [0.25, 0.3) is 0 Å².